The average molecular weight is 426 g/mol. The van der Waals surface area contributed by atoms with Gasteiger partial charge in [0, 0.05) is 48.3 Å². The van der Waals surface area contributed by atoms with Crippen LogP contribution in [0.2, 0.25) is 0 Å². The lowest BCUT2D eigenvalue weighted by atomic mass is 9.96. The van der Waals surface area contributed by atoms with Crippen molar-refractivity contribution in [2.24, 2.45) is 5.92 Å². The first-order chi connectivity index (χ1) is 13.2. The van der Waals surface area contributed by atoms with E-state index in [0.29, 0.717) is 12.3 Å². The molecular formula is C22H24BrN3O. The smallest absolute Gasteiger partial charge is 0.222 e. The summed E-state index contributed by atoms with van der Waals surface area (Å²) in [6, 6.07) is 14.5. The maximum atomic E-state index is 12.5. The maximum Gasteiger partial charge on any atom is 0.222 e. The summed E-state index contributed by atoms with van der Waals surface area (Å²) in [7, 11) is 0. The molecular weight excluding hydrogens is 402 g/mol. The van der Waals surface area contributed by atoms with Crippen LogP contribution >= 0.6 is 15.9 Å². The lowest BCUT2D eigenvalue weighted by molar-refractivity contribution is -0.132. The highest BCUT2D eigenvalue weighted by Gasteiger charge is 2.23. The Hall–Kier alpha value is -2.14. The number of amides is 1. The van der Waals surface area contributed by atoms with Crippen molar-refractivity contribution in [1.29, 1.82) is 0 Å². The highest BCUT2D eigenvalue weighted by atomic mass is 79.9. The van der Waals surface area contributed by atoms with Gasteiger partial charge in [0.1, 0.15) is 5.65 Å². The lowest BCUT2D eigenvalue weighted by Crippen LogP contribution is -2.39. The summed E-state index contributed by atoms with van der Waals surface area (Å²) in [5.74, 6) is 0.888. The Morgan fingerprint density at radius 3 is 2.70 bits per heavy atom. The van der Waals surface area contributed by atoms with Gasteiger partial charge in [-0.1, -0.05) is 30.3 Å². The van der Waals surface area contributed by atoms with E-state index in [9.17, 15) is 4.79 Å². The van der Waals surface area contributed by atoms with Gasteiger partial charge in [0.2, 0.25) is 5.91 Å². The van der Waals surface area contributed by atoms with Gasteiger partial charge in [-0.3, -0.25) is 4.79 Å². The van der Waals surface area contributed by atoms with Crippen molar-refractivity contribution in [3.8, 4) is 0 Å². The predicted octanol–water partition coefficient (Wildman–Crippen LogP) is 4.67. The molecule has 0 radical (unpaired) electrons. The zero-order valence-electron chi connectivity index (χ0n) is 15.4. The SMILES string of the molecule is O=C(CCc1ccccc1)N1CCC(Cn2ccc3cc(Br)cnc32)CC1. The van der Waals surface area contributed by atoms with Crippen molar-refractivity contribution in [3.05, 3.63) is 64.9 Å². The first kappa shape index (κ1) is 18.2. The van der Waals surface area contributed by atoms with Crippen molar-refractivity contribution >= 4 is 32.9 Å². The molecule has 5 heteroatoms. The van der Waals surface area contributed by atoms with Crippen LogP contribution in [0, 0.1) is 5.92 Å². The van der Waals surface area contributed by atoms with Gasteiger partial charge in [-0.25, -0.2) is 4.98 Å². The Morgan fingerprint density at radius 1 is 1.15 bits per heavy atom. The average Bonchev–Trinajstić information content (AvgIpc) is 3.09. The summed E-state index contributed by atoms with van der Waals surface area (Å²) in [5.41, 5.74) is 2.28. The number of likely N-dealkylation sites (tertiary alicyclic amines) is 1. The molecule has 4 rings (SSSR count). The molecule has 0 unspecified atom stereocenters. The van der Waals surface area contributed by atoms with E-state index in [4.69, 9.17) is 0 Å². The number of fused-ring (bicyclic) bond motifs is 1. The fourth-order valence-electron chi connectivity index (χ4n) is 3.90. The van der Waals surface area contributed by atoms with Gasteiger partial charge in [-0.15, -0.1) is 0 Å². The monoisotopic (exact) mass is 425 g/mol. The van der Waals surface area contributed by atoms with Crippen LogP contribution in [-0.4, -0.2) is 33.4 Å². The molecule has 1 aliphatic heterocycles. The third kappa shape index (κ3) is 4.41. The zero-order valence-corrected chi connectivity index (χ0v) is 16.9. The topological polar surface area (TPSA) is 38.1 Å². The number of hydrogen-bond donors (Lipinski definition) is 0. The Balaban J connectivity index is 1.29. The number of piperidine rings is 1. The van der Waals surface area contributed by atoms with E-state index in [2.05, 4.69) is 55.9 Å². The Morgan fingerprint density at radius 2 is 1.93 bits per heavy atom. The molecule has 1 aromatic carbocycles. The first-order valence-corrected chi connectivity index (χ1v) is 10.4. The molecule has 3 heterocycles. The number of hydrogen-bond acceptors (Lipinski definition) is 2. The van der Waals surface area contributed by atoms with Gasteiger partial charge in [-0.2, -0.15) is 0 Å². The second-order valence-corrected chi connectivity index (χ2v) is 8.26. The molecule has 1 amide bonds. The van der Waals surface area contributed by atoms with Gasteiger partial charge in [0.15, 0.2) is 0 Å². The van der Waals surface area contributed by atoms with Crippen LogP contribution in [0.25, 0.3) is 11.0 Å². The lowest BCUT2D eigenvalue weighted by Gasteiger charge is -2.32. The fraction of sp³-hybridized carbons (Fsp3) is 0.364. The van der Waals surface area contributed by atoms with Crippen molar-refractivity contribution < 1.29 is 4.79 Å². The van der Waals surface area contributed by atoms with Crippen molar-refractivity contribution in [1.82, 2.24) is 14.5 Å². The quantitative estimate of drug-likeness (QED) is 0.595. The van der Waals surface area contributed by atoms with Crippen LogP contribution in [0.15, 0.2) is 59.3 Å². The molecule has 0 bridgehead atoms. The van der Waals surface area contributed by atoms with Gasteiger partial charge in [0.25, 0.3) is 0 Å². The van der Waals surface area contributed by atoms with Crippen molar-refractivity contribution in [2.75, 3.05) is 13.1 Å². The highest BCUT2D eigenvalue weighted by molar-refractivity contribution is 9.10. The van der Waals surface area contributed by atoms with Gasteiger partial charge in [-0.05, 0) is 58.8 Å². The molecule has 1 aliphatic rings. The summed E-state index contributed by atoms with van der Waals surface area (Å²) >= 11 is 3.48. The van der Waals surface area contributed by atoms with Gasteiger partial charge >= 0.3 is 0 Å². The molecule has 0 saturated carbocycles. The van der Waals surface area contributed by atoms with Crippen LogP contribution < -0.4 is 0 Å². The van der Waals surface area contributed by atoms with E-state index in [1.165, 1.54) is 5.56 Å². The minimum Gasteiger partial charge on any atom is -0.343 e. The molecule has 0 aliphatic carbocycles. The molecule has 1 saturated heterocycles. The molecule has 0 N–H and O–H groups in total. The number of aryl methyl sites for hydroxylation is 1. The molecule has 1 fully saturated rings. The third-order valence-corrected chi connectivity index (χ3v) is 5.89. The molecule has 0 atom stereocenters. The van der Waals surface area contributed by atoms with E-state index in [1.54, 1.807) is 0 Å². The minimum absolute atomic E-state index is 0.287. The largest absolute Gasteiger partial charge is 0.343 e. The van der Waals surface area contributed by atoms with Crippen LogP contribution in [0.5, 0.6) is 0 Å². The summed E-state index contributed by atoms with van der Waals surface area (Å²) in [4.78, 5) is 19.1. The van der Waals surface area contributed by atoms with Crippen LogP contribution in [0.1, 0.15) is 24.8 Å². The molecule has 4 nitrogen and oxygen atoms in total. The molecule has 3 aromatic rings. The fourth-order valence-corrected chi connectivity index (χ4v) is 4.24. The molecule has 2 aromatic heterocycles. The number of carbonyl (C=O) groups excluding carboxylic acids is 1. The summed E-state index contributed by atoms with van der Waals surface area (Å²) in [6.07, 6.45) is 7.54. The highest BCUT2D eigenvalue weighted by Crippen LogP contribution is 2.24. The van der Waals surface area contributed by atoms with Crippen LogP contribution in [0.4, 0.5) is 0 Å². The van der Waals surface area contributed by atoms with E-state index < -0.39 is 0 Å². The Bertz CT molecular complexity index is 914. The number of halogens is 1. The normalized spacial score (nSPS) is 15.4. The first-order valence-electron chi connectivity index (χ1n) is 9.61. The molecule has 27 heavy (non-hydrogen) atoms. The second kappa shape index (κ2) is 8.26. The standard InChI is InChI=1S/C22H24BrN3O/c23-20-14-19-10-13-26(22(19)24-15-20)16-18-8-11-25(12-9-18)21(27)7-6-17-4-2-1-3-5-17/h1-5,10,13-15,18H,6-9,11-12,16H2. The number of carbonyl (C=O) groups is 1. The number of nitrogens with zero attached hydrogens (tertiary/aromatic N) is 3. The van der Waals surface area contributed by atoms with Crippen LogP contribution in [-0.2, 0) is 17.8 Å². The minimum atomic E-state index is 0.287. The number of pyridine rings is 1. The summed E-state index contributed by atoms with van der Waals surface area (Å²) < 4.78 is 3.26. The summed E-state index contributed by atoms with van der Waals surface area (Å²) in [6.45, 7) is 2.72. The van der Waals surface area contributed by atoms with E-state index in [0.717, 1.165) is 54.4 Å². The van der Waals surface area contributed by atoms with Crippen molar-refractivity contribution in [3.63, 3.8) is 0 Å². The second-order valence-electron chi connectivity index (χ2n) is 7.34. The molecule has 140 valence electrons. The van der Waals surface area contributed by atoms with Crippen LogP contribution in [0.3, 0.4) is 0 Å². The number of aromatic nitrogens is 2. The Kier molecular flexibility index (Phi) is 5.58. The Labute approximate surface area is 168 Å². The van der Waals surface area contributed by atoms with E-state index in [-0.39, 0.29) is 5.91 Å². The third-order valence-electron chi connectivity index (χ3n) is 5.46. The number of rotatable bonds is 5. The number of benzene rings is 1. The zero-order chi connectivity index (χ0) is 18.6. The predicted molar refractivity (Wildman–Crippen MR) is 112 cm³/mol. The van der Waals surface area contributed by atoms with Crippen molar-refractivity contribution in [2.45, 2.75) is 32.2 Å². The van der Waals surface area contributed by atoms with E-state index in [1.807, 2.05) is 29.3 Å². The summed E-state index contributed by atoms with van der Waals surface area (Å²) in [5, 5.41) is 1.16. The van der Waals surface area contributed by atoms with E-state index >= 15 is 0 Å². The molecule has 0 spiro atoms. The van der Waals surface area contributed by atoms with Gasteiger partial charge < -0.3 is 9.47 Å². The van der Waals surface area contributed by atoms with Gasteiger partial charge in [0.05, 0.1) is 0 Å². The maximum absolute atomic E-state index is 12.5.